The van der Waals surface area contributed by atoms with Crippen LogP contribution in [0.1, 0.15) is 0 Å². The van der Waals surface area contributed by atoms with E-state index in [2.05, 4.69) is 25.8 Å². The molecule has 9 heteroatoms. The largest absolute Gasteiger partial charge is 0.339 e. The van der Waals surface area contributed by atoms with Crippen molar-refractivity contribution in [3.05, 3.63) is 64.3 Å². The molecule has 5 nitrogen and oxygen atoms in total. The lowest BCUT2D eigenvalue weighted by molar-refractivity contribution is 0.509. The van der Waals surface area contributed by atoms with E-state index in [0.717, 1.165) is 12.1 Å². The van der Waals surface area contributed by atoms with Crippen LogP contribution in [0.5, 0.6) is 0 Å². The summed E-state index contributed by atoms with van der Waals surface area (Å²) in [4.78, 5) is 4.18. The van der Waals surface area contributed by atoms with Gasteiger partial charge in [-0.05, 0) is 30.3 Å². The predicted octanol–water partition coefficient (Wildman–Crippen LogP) is 4.94. The molecule has 0 unspecified atom stereocenters. The summed E-state index contributed by atoms with van der Waals surface area (Å²) >= 11 is 11.8. The summed E-state index contributed by atoms with van der Waals surface area (Å²) in [6.07, 6.45) is 1.40. The van der Waals surface area contributed by atoms with Crippen LogP contribution in [0, 0.1) is 11.6 Å². The molecule has 2 aromatic carbocycles. The smallest absolute Gasteiger partial charge is 0.249 e. The van der Waals surface area contributed by atoms with Gasteiger partial charge in [0.1, 0.15) is 0 Å². The lowest BCUT2D eigenvalue weighted by atomic mass is 10.3. The highest BCUT2D eigenvalue weighted by atomic mass is 35.5. The first-order chi connectivity index (χ1) is 11.5. The first-order valence-corrected chi connectivity index (χ1v) is 7.41. The molecule has 0 aliphatic rings. The molecule has 3 rings (SSSR count). The van der Waals surface area contributed by atoms with Gasteiger partial charge in [0.25, 0.3) is 0 Å². The number of nitrogens with one attached hydrogen (secondary N) is 2. The van der Waals surface area contributed by atoms with Gasteiger partial charge in [-0.25, -0.2) is 8.78 Å². The van der Waals surface area contributed by atoms with Crippen LogP contribution in [-0.2, 0) is 0 Å². The zero-order valence-corrected chi connectivity index (χ0v) is 13.4. The van der Waals surface area contributed by atoms with E-state index < -0.39 is 11.6 Å². The first kappa shape index (κ1) is 16.4. The van der Waals surface area contributed by atoms with Crippen LogP contribution in [-0.4, -0.2) is 15.2 Å². The quantitative estimate of drug-likeness (QED) is 0.683. The maximum absolute atomic E-state index is 13.2. The van der Waals surface area contributed by atoms with Gasteiger partial charge < -0.3 is 10.6 Å². The van der Waals surface area contributed by atoms with E-state index in [9.17, 15) is 8.78 Å². The van der Waals surface area contributed by atoms with Crippen molar-refractivity contribution >= 4 is 46.3 Å². The zero-order chi connectivity index (χ0) is 17.1. The van der Waals surface area contributed by atoms with Crippen LogP contribution in [0.3, 0.4) is 0 Å². The topological polar surface area (TPSA) is 62.7 Å². The number of nitrogens with zero attached hydrogens (tertiary/aromatic N) is 3. The molecule has 0 atom stereocenters. The summed E-state index contributed by atoms with van der Waals surface area (Å²) in [6.45, 7) is 0. The molecular weight excluding hydrogens is 359 g/mol. The summed E-state index contributed by atoms with van der Waals surface area (Å²) in [5.74, 6) is -1.41. The van der Waals surface area contributed by atoms with Crippen molar-refractivity contribution in [2.24, 2.45) is 0 Å². The summed E-state index contributed by atoms with van der Waals surface area (Å²) in [7, 11) is 0. The SMILES string of the molecule is Fc1ccc(Nc2nncc(Nc3ccc(Cl)c(Cl)c3)n2)cc1F. The molecule has 0 bridgehead atoms. The lowest BCUT2D eigenvalue weighted by Gasteiger charge is -2.08. The van der Waals surface area contributed by atoms with Crippen molar-refractivity contribution in [1.29, 1.82) is 0 Å². The number of hydrogen-bond acceptors (Lipinski definition) is 5. The Morgan fingerprint density at radius 3 is 2.33 bits per heavy atom. The number of anilines is 4. The van der Waals surface area contributed by atoms with Crippen molar-refractivity contribution in [2.75, 3.05) is 10.6 Å². The fourth-order valence-corrected chi connectivity index (χ4v) is 2.14. The summed E-state index contributed by atoms with van der Waals surface area (Å²) in [6, 6.07) is 8.36. The molecule has 1 heterocycles. The van der Waals surface area contributed by atoms with Gasteiger partial charge in [0, 0.05) is 17.4 Å². The minimum absolute atomic E-state index is 0.117. The fourth-order valence-electron chi connectivity index (χ4n) is 1.84. The summed E-state index contributed by atoms with van der Waals surface area (Å²) < 4.78 is 26.1. The predicted molar refractivity (Wildman–Crippen MR) is 89.2 cm³/mol. The van der Waals surface area contributed by atoms with Crippen LogP contribution < -0.4 is 10.6 Å². The van der Waals surface area contributed by atoms with E-state index in [1.165, 1.54) is 12.3 Å². The molecule has 122 valence electrons. The monoisotopic (exact) mass is 367 g/mol. The molecule has 0 aliphatic heterocycles. The molecule has 24 heavy (non-hydrogen) atoms. The van der Waals surface area contributed by atoms with E-state index in [1.807, 2.05) is 0 Å². The maximum atomic E-state index is 13.2. The Morgan fingerprint density at radius 1 is 0.833 bits per heavy atom. The Labute approximate surface area is 145 Å². The Bertz CT molecular complexity index is 823. The van der Waals surface area contributed by atoms with Crippen LogP contribution in [0.15, 0.2) is 42.6 Å². The molecule has 3 aromatic rings. The molecule has 0 saturated heterocycles. The molecule has 2 N–H and O–H groups in total. The van der Waals surface area contributed by atoms with Gasteiger partial charge in [0.15, 0.2) is 17.5 Å². The second-order valence-electron chi connectivity index (χ2n) is 4.67. The van der Waals surface area contributed by atoms with Crippen molar-refractivity contribution in [1.82, 2.24) is 15.2 Å². The Morgan fingerprint density at radius 2 is 1.58 bits per heavy atom. The molecule has 0 radical (unpaired) electrons. The van der Waals surface area contributed by atoms with Crippen molar-refractivity contribution in [3.63, 3.8) is 0 Å². The Balaban J connectivity index is 1.78. The van der Waals surface area contributed by atoms with Gasteiger partial charge in [0.05, 0.1) is 16.2 Å². The van der Waals surface area contributed by atoms with E-state index in [1.54, 1.807) is 18.2 Å². The third kappa shape index (κ3) is 3.87. The molecule has 0 amide bonds. The summed E-state index contributed by atoms with van der Waals surface area (Å²) in [5, 5.41) is 14.1. The minimum Gasteiger partial charge on any atom is -0.339 e. The number of halogens is 4. The van der Waals surface area contributed by atoms with Crippen molar-refractivity contribution in [2.45, 2.75) is 0 Å². The molecule has 1 aromatic heterocycles. The van der Waals surface area contributed by atoms with Gasteiger partial charge in [-0.2, -0.15) is 10.1 Å². The standard InChI is InChI=1S/C15H9Cl2F2N5/c16-10-3-1-8(5-11(10)17)21-14-7-20-24-15(23-14)22-9-2-4-12(18)13(19)6-9/h1-7H,(H2,21,22,23,24). The average Bonchev–Trinajstić information content (AvgIpc) is 2.55. The minimum atomic E-state index is -0.974. The van der Waals surface area contributed by atoms with E-state index in [4.69, 9.17) is 23.2 Å². The first-order valence-electron chi connectivity index (χ1n) is 6.65. The Kier molecular flexibility index (Phi) is 4.73. The lowest BCUT2D eigenvalue weighted by Crippen LogP contribution is -2.02. The normalized spacial score (nSPS) is 10.5. The highest BCUT2D eigenvalue weighted by Crippen LogP contribution is 2.26. The fraction of sp³-hybridized carbons (Fsp3) is 0. The summed E-state index contributed by atoms with van der Waals surface area (Å²) in [5.41, 5.74) is 0.950. The van der Waals surface area contributed by atoms with Crippen LogP contribution >= 0.6 is 23.2 Å². The number of aromatic nitrogens is 3. The second kappa shape index (κ2) is 6.94. The van der Waals surface area contributed by atoms with Gasteiger partial charge in [-0.3, -0.25) is 0 Å². The number of rotatable bonds is 4. The third-order valence-corrected chi connectivity index (χ3v) is 3.67. The average molecular weight is 368 g/mol. The molecule has 0 fully saturated rings. The van der Waals surface area contributed by atoms with E-state index >= 15 is 0 Å². The second-order valence-corrected chi connectivity index (χ2v) is 5.49. The highest BCUT2D eigenvalue weighted by molar-refractivity contribution is 6.42. The molecular formula is C15H9Cl2F2N5. The maximum Gasteiger partial charge on any atom is 0.249 e. The molecule has 0 aliphatic carbocycles. The van der Waals surface area contributed by atoms with Gasteiger partial charge >= 0.3 is 0 Å². The van der Waals surface area contributed by atoms with Crippen LogP contribution in [0.25, 0.3) is 0 Å². The number of benzene rings is 2. The Hall–Kier alpha value is -2.51. The number of hydrogen-bond donors (Lipinski definition) is 2. The van der Waals surface area contributed by atoms with E-state index in [-0.39, 0.29) is 5.95 Å². The van der Waals surface area contributed by atoms with Crippen molar-refractivity contribution in [3.8, 4) is 0 Å². The molecule has 0 spiro atoms. The van der Waals surface area contributed by atoms with Gasteiger partial charge in [-0.15, -0.1) is 5.10 Å². The zero-order valence-electron chi connectivity index (χ0n) is 11.9. The van der Waals surface area contributed by atoms with Crippen molar-refractivity contribution < 1.29 is 8.78 Å². The van der Waals surface area contributed by atoms with E-state index in [0.29, 0.717) is 27.2 Å². The van der Waals surface area contributed by atoms with Gasteiger partial charge in [-0.1, -0.05) is 23.2 Å². The third-order valence-electron chi connectivity index (χ3n) is 2.93. The van der Waals surface area contributed by atoms with Crippen LogP contribution in [0.2, 0.25) is 10.0 Å². The van der Waals surface area contributed by atoms with Gasteiger partial charge in [0.2, 0.25) is 5.95 Å². The molecule has 0 saturated carbocycles. The van der Waals surface area contributed by atoms with Crippen LogP contribution in [0.4, 0.5) is 31.9 Å². The highest BCUT2D eigenvalue weighted by Gasteiger charge is 2.06.